The van der Waals surface area contributed by atoms with E-state index < -0.39 is 0 Å². The molecule has 0 bridgehead atoms. The zero-order valence-corrected chi connectivity index (χ0v) is 7.08. The van der Waals surface area contributed by atoms with Gasteiger partial charge in [-0.15, -0.1) is 0 Å². The molecule has 1 heterocycles. The summed E-state index contributed by atoms with van der Waals surface area (Å²) in [6.45, 7) is 3.80. The lowest BCUT2D eigenvalue weighted by atomic mass is 10.1. The highest BCUT2D eigenvalue weighted by atomic mass is 16.6. The van der Waals surface area contributed by atoms with Gasteiger partial charge in [-0.1, -0.05) is 36.9 Å². The Kier molecular flexibility index (Phi) is 1.10. The van der Waals surface area contributed by atoms with Crippen LogP contribution in [-0.2, 0) is 0 Å². The SMILES string of the molecule is C=Cc1c2c(cc3ccccc13)O2. The lowest BCUT2D eigenvalue weighted by Crippen LogP contribution is -1.72. The fraction of sp³-hybridized carbons (Fsp3) is 0. The van der Waals surface area contributed by atoms with Crippen LogP contribution >= 0.6 is 0 Å². The minimum Gasteiger partial charge on any atom is -0.449 e. The van der Waals surface area contributed by atoms with Gasteiger partial charge in [-0.3, -0.25) is 0 Å². The van der Waals surface area contributed by atoms with Crippen molar-refractivity contribution >= 4 is 16.8 Å². The Morgan fingerprint density at radius 1 is 1.23 bits per heavy atom. The van der Waals surface area contributed by atoms with Gasteiger partial charge < -0.3 is 4.74 Å². The molecule has 1 nitrogen and oxygen atoms in total. The molecule has 2 aromatic rings. The minimum atomic E-state index is 0.994. The van der Waals surface area contributed by atoms with E-state index in [9.17, 15) is 0 Å². The molecular formula is C12H8O. The van der Waals surface area contributed by atoms with Crippen LogP contribution in [-0.4, -0.2) is 0 Å². The maximum atomic E-state index is 5.33. The van der Waals surface area contributed by atoms with Crippen molar-refractivity contribution in [3.8, 4) is 11.5 Å². The van der Waals surface area contributed by atoms with Gasteiger partial charge in [-0.25, -0.2) is 0 Å². The van der Waals surface area contributed by atoms with Gasteiger partial charge >= 0.3 is 0 Å². The first-order valence-corrected chi connectivity index (χ1v) is 4.26. The number of fused-ring (bicyclic) bond motifs is 2. The van der Waals surface area contributed by atoms with E-state index in [-0.39, 0.29) is 0 Å². The minimum absolute atomic E-state index is 0.994. The lowest BCUT2D eigenvalue weighted by Gasteiger charge is -1.96. The molecule has 0 radical (unpaired) electrons. The normalized spacial score (nSPS) is 12.0. The smallest absolute Gasteiger partial charge is 0.177 e. The zero-order chi connectivity index (χ0) is 8.84. The van der Waals surface area contributed by atoms with Crippen LogP contribution in [0.3, 0.4) is 0 Å². The Hall–Kier alpha value is -1.76. The number of ether oxygens (including phenoxy) is 1. The molecule has 0 amide bonds. The van der Waals surface area contributed by atoms with Crippen molar-refractivity contribution in [3.05, 3.63) is 42.5 Å². The maximum absolute atomic E-state index is 5.33. The van der Waals surface area contributed by atoms with Crippen LogP contribution in [0, 0.1) is 0 Å². The van der Waals surface area contributed by atoms with Crippen molar-refractivity contribution in [3.63, 3.8) is 0 Å². The third kappa shape index (κ3) is 0.813. The van der Waals surface area contributed by atoms with E-state index in [0.717, 1.165) is 17.1 Å². The summed E-state index contributed by atoms with van der Waals surface area (Å²) in [4.78, 5) is 0. The number of rotatable bonds is 1. The molecule has 1 heteroatoms. The largest absolute Gasteiger partial charge is 0.449 e. The Morgan fingerprint density at radius 2 is 2.08 bits per heavy atom. The fourth-order valence-electron chi connectivity index (χ4n) is 1.70. The van der Waals surface area contributed by atoms with Crippen LogP contribution in [0.2, 0.25) is 0 Å². The van der Waals surface area contributed by atoms with E-state index in [1.165, 1.54) is 10.8 Å². The maximum Gasteiger partial charge on any atom is 0.177 e. The molecular weight excluding hydrogens is 160 g/mol. The van der Waals surface area contributed by atoms with E-state index in [2.05, 4.69) is 24.8 Å². The second kappa shape index (κ2) is 2.13. The van der Waals surface area contributed by atoms with Crippen LogP contribution in [0.4, 0.5) is 0 Å². The predicted octanol–water partition coefficient (Wildman–Crippen LogP) is 3.59. The van der Waals surface area contributed by atoms with Crippen LogP contribution in [0.1, 0.15) is 5.56 Å². The standard InChI is InChI=1S/C12H8O/c1-2-9-10-6-4-3-5-8(10)7-11-12(9)13-11/h2-7H,1H2. The van der Waals surface area contributed by atoms with Gasteiger partial charge in [0.25, 0.3) is 0 Å². The average Bonchev–Trinajstić information content (AvgIpc) is 2.92. The highest BCUT2D eigenvalue weighted by Crippen LogP contribution is 2.51. The fourth-order valence-corrected chi connectivity index (χ4v) is 1.70. The van der Waals surface area contributed by atoms with Crippen LogP contribution in [0.15, 0.2) is 36.9 Å². The van der Waals surface area contributed by atoms with Crippen molar-refractivity contribution in [2.75, 3.05) is 0 Å². The van der Waals surface area contributed by atoms with Gasteiger partial charge in [0.1, 0.15) is 0 Å². The quantitative estimate of drug-likeness (QED) is 0.506. The molecule has 1 aliphatic heterocycles. The average molecular weight is 168 g/mol. The molecule has 0 fully saturated rings. The Labute approximate surface area is 76.3 Å². The van der Waals surface area contributed by atoms with E-state index in [4.69, 9.17) is 4.74 Å². The van der Waals surface area contributed by atoms with Crippen LogP contribution in [0.5, 0.6) is 11.5 Å². The van der Waals surface area contributed by atoms with E-state index in [1.54, 1.807) is 0 Å². The topological polar surface area (TPSA) is 12.5 Å². The van der Waals surface area contributed by atoms with E-state index >= 15 is 0 Å². The van der Waals surface area contributed by atoms with E-state index in [0.29, 0.717) is 0 Å². The van der Waals surface area contributed by atoms with Crippen molar-refractivity contribution in [1.82, 2.24) is 0 Å². The Bertz CT molecular complexity index is 512. The third-order valence-electron chi connectivity index (χ3n) is 2.38. The number of hydrogen-bond acceptors (Lipinski definition) is 1. The molecule has 0 aromatic heterocycles. The summed E-state index contributed by atoms with van der Waals surface area (Å²) in [6.07, 6.45) is 1.86. The first-order chi connectivity index (χ1) is 6.40. The molecule has 3 rings (SSSR count). The molecule has 62 valence electrons. The van der Waals surface area contributed by atoms with Gasteiger partial charge in [-0.05, 0) is 16.8 Å². The number of benzene rings is 2. The number of hydrogen-bond donors (Lipinski definition) is 0. The van der Waals surface area contributed by atoms with Crippen molar-refractivity contribution in [1.29, 1.82) is 0 Å². The summed E-state index contributed by atoms with van der Waals surface area (Å²) in [6, 6.07) is 10.3. The van der Waals surface area contributed by atoms with Gasteiger partial charge in [0.2, 0.25) is 0 Å². The molecule has 13 heavy (non-hydrogen) atoms. The van der Waals surface area contributed by atoms with Gasteiger partial charge in [-0.2, -0.15) is 0 Å². The van der Waals surface area contributed by atoms with E-state index in [1.807, 2.05) is 18.2 Å². The predicted molar refractivity (Wildman–Crippen MR) is 54.1 cm³/mol. The summed E-state index contributed by atoms with van der Waals surface area (Å²) in [5.41, 5.74) is 1.12. The molecule has 0 atom stereocenters. The molecule has 0 saturated carbocycles. The summed E-state index contributed by atoms with van der Waals surface area (Å²) in [5, 5.41) is 2.43. The van der Waals surface area contributed by atoms with Gasteiger partial charge in [0.05, 0.1) is 0 Å². The first kappa shape index (κ1) is 6.72. The van der Waals surface area contributed by atoms with Gasteiger partial charge in [0, 0.05) is 5.56 Å². The monoisotopic (exact) mass is 168 g/mol. The van der Waals surface area contributed by atoms with Crippen LogP contribution in [0.25, 0.3) is 16.8 Å². The summed E-state index contributed by atoms with van der Waals surface area (Å²) in [7, 11) is 0. The molecule has 0 unspecified atom stereocenters. The second-order valence-corrected chi connectivity index (χ2v) is 3.14. The zero-order valence-electron chi connectivity index (χ0n) is 7.08. The summed E-state index contributed by atoms with van der Waals surface area (Å²) < 4.78 is 5.33. The van der Waals surface area contributed by atoms with Gasteiger partial charge in [0.15, 0.2) is 11.5 Å². The molecule has 0 aliphatic carbocycles. The molecule has 1 aliphatic rings. The highest BCUT2D eigenvalue weighted by Gasteiger charge is 2.24. The first-order valence-electron chi connectivity index (χ1n) is 4.26. The second-order valence-electron chi connectivity index (χ2n) is 3.14. The Morgan fingerprint density at radius 3 is 2.92 bits per heavy atom. The molecule has 0 saturated heterocycles. The highest BCUT2D eigenvalue weighted by molar-refractivity contribution is 5.97. The summed E-state index contributed by atoms with van der Waals surface area (Å²) >= 11 is 0. The van der Waals surface area contributed by atoms with Crippen molar-refractivity contribution in [2.24, 2.45) is 0 Å². The van der Waals surface area contributed by atoms with Crippen molar-refractivity contribution in [2.45, 2.75) is 0 Å². The Balaban J connectivity index is 2.52. The molecule has 0 N–H and O–H groups in total. The van der Waals surface area contributed by atoms with Crippen molar-refractivity contribution < 1.29 is 4.74 Å². The lowest BCUT2D eigenvalue weighted by molar-refractivity contribution is 0.649. The third-order valence-corrected chi connectivity index (χ3v) is 2.38. The molecule has 2 aromatic carbocycles. The van der Waals surface area contributed by atoms with Crippen LogP contribution < -0.4 is 4.74 Å². The molecule has 0 spiro atoms. The summed E-state index contributed by atoms with van der Waals surface area (Å²) in [5.74, 6) is 1.99.